The number of rotatable bonds is 7. The van der Waals surface area contributed by atoms with Crippen LogP contribution in [0, 0.1) is 13.3 Å². The maximum absolute atomic E-state index is 6.19. The fourth-order valence-corrected chi connectivity index (χ4v) is 15.9. The van der Waals surface area contributed by atoms with E-state index in [0.717, 1.165) is 29.5 Å². The fraction of sp³-hybridized carbons (Fsp3) is 0.125. The SMILES string of the molecule is [CH2-][P+](c1ccco1)(c1ccco1)N(c1ccccc1)[P+]1([CH2-])[C@H](c2ccccc2)CC[C@H]1c1ccccc1. The second-order valence-corrected chi connectivity index (χ2v) is 16.2. The Hall–Kier alpha value is -3.12. The monoisotopic (exact) mass is 523 g/mol. The molecule has 0 saturated carbocycles. The predicted molar refractivity (Wildman–Crippen MR) is 158 cm³/mol. The van der Waals surface area contributed by atoms with Gasteiger partial charge in [0.15, 0.2) is 0 Å². The van der Waals surface area contributed by atoms with E-state index in [1.165, 1.54) is 11.1 Å². The average Bonchev–Trinajstić information content (AvgIpc) is 3.73. The molecule has 1 aliphatic heterocycles. The van der Waals surface area contributed by atoms with Crippen LogP contribution in [0.4, 0.5) is 5.69 Å². The van der Waals surface area contributed by atoms with Gasteiger partial charge in [-0.2, -0.15) is 11.1 Å². The first-order valence-corrected chi connectivity index (χ1v) is 16.6. The zero-order valence-corrected chi connectivity index (χ0v) is 22.6. The van der Waals surface area contributed by atoms with Crippen molar-refractivity contribution in [1.82, 2.24) is 0 Å². The molecular weight excluding hydrogens is 492 g/mol. The van der Waals surface area contributed by atoms with Crippen molar-refractivity contribution in [3.8, 4) is 0 Å². The van der Waals surface area contributed by atoms with Crippen LogP contribution in [-0.2, 0) is 0 Å². The topological polar surface area (TPSA) is 29.5 Å². The van der Waals surface area contributed by atoms with Crippen LogP contribution in [0.25, 0.3) is 0 Å². The second kappa shape index (κ2) is 9.97. The van der Waals surface area contributed by atoms with Crippen molar-refractivity contribution in [2.24, 2.45) is 0 Å². The van der Waals surface area contributed by atoms with E-state index in [0.29, 0.717) is 0 Å². The highest BCUT2D eigenvalue weighted by Gasteiger charge is 2.62. The van der Waals surface area contributed by atoms with Crippen LogP contribution in [0.3, 0.4) is 0 Å². The molecular formula is C32H31NO2P2. The van der Waals surface area contributed by atoms with Gasteiger partial charge < -0.3 is 8.83 Å². The highest BCUT2D eigenvalue weighted by atomic mass is 31.2. The lowest BCUT2D eigenvalue weighted by molar-refractivity contribution is 0.591. The van der Waals surface area contributed by atoms with Gasteiger partial charge in [-0.15, -0.1) is 6.66 Å². The summed E-state index contributed by atoms with van der Waals surface area (Å²) < 4.78 is 15.0. The molecule has 0 amide bonds. The third-order valence-corrected chi connectivity index (χ3v) is 16.5. The van der Waals surface area contributed by atoms with Gasteiger partial charge in [0.1, 0.15) is 13.1 Å². The summed E-state index contributed by atoms with van der Waals surface area (Å²) >= 11 is 0. The van der Waals surface area contributed by atoms with Crippen molar-refractivity contribution in [2.75, 3.05) is 4.44 Å². The summed E-state index contributed by atoms with van der Waals surface area (Å²) in [5.41, 5.74) is 6.06. The zero-order chi connectivity index (χ0) is 25.3. The second-order valence-electron chi connectivity index (χ2n) is 9.61. The summed E-state index contributed by atoms with van der Waals surface area (Å²) in [5.74, 6) is 0. The first-order chi connectivity index (χ1) is 18.1. The average molecular weight is 524 g/mol. The van der Waals surface area contributed by atoms with E-state index in [-0.39, 0.29) is 11.3 Å². The van der Waals surface area contributed by atoms with Crippen LogP contribution in [0.1, 0.15) is 35.3 Å². The molecule has 0 spiro atoms. The predicted octanol–water partition coefficient (Wildman–Crippen LogP) is 9.05. The van der Waals surface area contributed by atoms with Gasteiger partial charge in [-0.1, -0.05) is 78.9 Å². The number of benzene rings is 3. The van der Waals surface area contributed by atoms with Crippen molar-refractivity contribution in [2.45, 2.75) is 24.2 Å². The molecule has 0 bridgehead atoms. The van der Waals surface area contributed by atoms with Gasteiger partial charge in [0, 0.05) is 19.5 Å². The van der Waals surface area contributed by atoms with Gasteiger partial charge in [0.05, 0.1) is 23.8 Å². The standard InChI is InChI=1S/C32H31NO2P2/c1-36(29(26-14-6-3-7-15-26)22-23-30(36)27-16-8-4-9-17-27)33(28-18-10-5-11-19-28)37(2,31-20-12-24-34-31)32-21-13-25-35-32/h3-21,24-25,29-30H,1-2,22-23H2/t29-,30-/m0/s1. The van der Waals surface area contributed by atoms with Crippen LogP contribution in [0.2, 0.25) is 0 Å². The first-order valence-electron chi connectivity index (χ1n) is 12.6. The van der Waals surface area contributed by atoms with Crippen LogP contribution in [0.5, 0.6) is 0 Å². The normalized spacial score (nSPS) is 19.1. The van der Waals surface area contributed by atoms with Crippen LogP contribution < -0.4 is 15.4 Å². The Bertz CT molecular complexity index is 1320. The van der Waals surface area contributed by atoms with E-state index in [2.05, 4.69) is 108 Å². The third kappa shape index (κ3) is 4.06. The molecule has 6 rings (SSSR count). The molecule has 0 radical (unpaired) electrons. The minimum Gasteiger partial charge on any atom is -0.435 e. The fourth-order valence-electron chi connectivity index (χ4n) is 5.96. The Kier molecular flexibility index (Phi) is 6.53. The van der Waals surface area contributed by atoms with E-state index in [1.54, 1.807) is 12.5 Å². The molecule has 3 heterocycles. The Labute approximate surface area is 220 Å². The van der Waals surface area contributed by atoms with Gasteiger partial charge >= 0.3 is 0 Å². The van der Waals surface area contributed by atoms with E-state index in [1.807, 2.05) is 12.1 Å². The summed E-state index contributed by atoms with van der Waals surface area (Å²) in [6, 6.07) is 40.5. The summed E-state index contributed by atoms with van der Waals surface area (Å²) in [4.78, 5) is 0. The van der Waals surface area contributed by atoms with Crippen molar-refractivity contribution in [3.63, 3.8) is 0 Å². The molecule has 3 nitrogen and oxygen atoms in total. The summed E-state index contributed by atoms with van der Waals surface area (Å²) in [6.07, 6.45) is 5.63. The molecule has 1 aliphatic rings. The van der Waals surface area contributed by atoms with Gasteiger partial charge in [-0.05, 0) is 48.2 Å². The minimum atomic E-state index is -2.60. The van der Waals surface area contributed by atoms with E-state index < -0.39 is 14.8 Å². The van der Waals surface area contributed by atoms with Crippen molar-refractivity contribution in [1.29, 1.82) is 0 Å². The number of hydrogen-bond acceptors (Lipinski definition) is 3. The number of nitrogens with zero attached hydrogens (tertiary/aromatic N) is 1. The maximum Gasteiger partial charge on any atom is 0.250 e. The smallest absolute Gasteiger partial charge is 0.250 e. The molecule has 2 atom stereocenters. The molecule has 1 saturated heterocycles. The van der Waals surface area contributed by atoms with Gasteiger partial charge in [0.25, 0.3) is 0 Å². The van der Waals surface area contributed by atoms with E-state index >= 15 is 0 Å². The van der Waals surface area contributed by atoms with Gasteiger partial charge in [-0.25, -0.2) is 0 Å². The number of para-hydroxylation sites is 1. The highest BCUT2D eigenvalue weighted by Crippen LogP contribution is 2.91. The number of hydrogen-bond donors (Lipinski definition) is 0. The molecule has 37 heavy (non-hydrogen) atoms. The number of anilines is 1. The summed E-state index contributed by atoms with van der Waals surface area (Å²) in [5, 5.41) is 0. The Morgan fingerprint density at radius 3 is 1.46 bits per heavy atom. The molecule has 186 valence electrons. The molecule has 0 N–H and O–H groups in total. The third-order valence-electron chi connectivity index (χ3n) is 7.57. The van der Waals surface area contributed by atoms with Crippen molar-refractivity contribution in [3.05, 3.63) is 152 Å². The quantitative estimate of drug-likeness (QED) is 0.157. The molecule has 1 fully saturated rings. The van der Waals surface area contributed by atoms with E-state index in [9.17, 15) is 0 Å². The molecule has 3 aromatic carbocycles. The molecule has 5 aromatic rings. The van der Waals surface area contributed by atoms with Crippen molar-refractivity contribution >= 4 is 31.5 Å². The van der Waals surface area contributed by atoms with E-state index in [4.69, 9.17) is 22.2 Å². The Morgan fingerprint density at radius 2 is 1.05 bits per heavy atom. The summed E-state index contributed by atoms with van der Waals surface area (Å²) in [7, 11) is -4.87. The lowest BCUT2D eigenvalue weighted by Gasteiger charge is -2.50. The summed E-state index contributed by atoms with van der Waals surface area (Å²) in [6.45, 7) is 10.3. The van der Waals surface area contributed by atoms with Gasteiger partial charge in [0.2, 0.25) is 11.0 Å². The van der Waals surface area contributed by atoms with Crippen LogP contribution in [0.15, 0.2) is 137 Å². The van der Waals surface area contributed by atoms with Crippen molar-refractivity contribution < 1.29 is 8.83 Å². The molecule has 2 aromatic heterocycles. The first kappa shape index (κ1) is 24.2. The van der Waals surface area contributed by atoms with Crippen LogP contribution >= 0.6 is 14.8 Å². The molecule has 5 heteroatoms. The van der Waals surface area contributed by atoms with Gasteiger partial charge in [-0.3, -0.25) is 0 Å². The highest BCUT2D eigenvalue weighted by molar-refractivity contribution is 8.02. The maximum atomic E-state index is 6.19. The largest absolute Gasteiger partial charge is 0.435 e. The minimum absolute atomic E-state index is 0.283. The molecule has 0 unspecified atom stereocenters. The lowest BCUT2D eigenvalue weighted by Crippen LogP contribution is -2.36. The Morgan fingerprint density at radius 1 is 0.622 bits per heavy atom. The lowest BCUT2D eigenvalue weighted by atomic mass is 10.0. The molecule has 0 aliphatic carbocycles. The zero-order valence-electron chi connectivity index (χ0n) is 20.8. The van der Waals surface area contributed by atoms with Crippen LogP contribution in [-0.4, -0.2) is 0 Å². The Balaban J connectivity index is 1.66. The number of furan rings is 2.